The van der Waals surface area contributed by atoms with Crippen molar-refractivity contribution in [3.8, 4) is 11.5 Å². The second-order valence-electron chi connectivity index (χ2n) is 7.60. The van der Waals surface area contributed by atoms with E-state index in [2.05, 4.69) is 10.3 Å². The second kappa shape index (κ2) is 8.52. The smallest absolute Gasteiger partial charge is 0.223 e. The highest BCUT2D eigenvalue weighted by Gasteiger charge is 2.28. The average Bonchev–Trinajstić information content (AvgIpc) is 2.79. The van der Waals surface area contributed by atoms with Gasteiger partial charge in [0, 0.05) is 28.6 Å². The molecule has 1 saturated carbocycles. The molecule has 2 N–H and O–H groups in total. The SMILES string of the molecule is COc1ccccc1[C@H](NC(=O)C1CCCCC1)c1ccc2cccnc2c1O. The van der Waals surface area contributed by atoms with Crippen LogP contribution in [0.4, 0.5) is 0 Å². The zero-order valence-corrected chi connectivity index (χ0v) is 16.6. The lowest BCUT2D eigenvalue weighted by Crippen LogP contribution is -2.35. The summed E-state index contributed by atoms with van der Waals surface area (Å²) in [6.07, 6.45) is 6.85. The minimum absolute atomic E-state index is 0.0154. The second-order valence-corrected chi connectivity index (χ2v) is 7.60. The van der Waals surface area contributed by atoms with Crippen LogP contribution in [-0.4, -0.2) is 23.1 Å². The van der Waals surface area contributed by atoms with Gasteiger partial charge in [-0.05, 0) is 25.0 Å². The van der Waals surface area contributed by atoms with E-state index in [9.17, 15) is 9.90 Å². The van der Waals surface area contributed by atoms with E-state index < -0.39 is 6.04 Å². The lowest BCUT2D eigenvalue weighted by atomic mass is 9.87. The molecule has 0 unspecified atom stereocenters. The quantitative estimate of drug-likeness (QED) is 0.660. The normalized spacial score (nSPS) is 15.8. The number of hydrogen-bond acceptors (Lipinski definition) is 4. The highest BCUT2D eigenvalue weighted by atomic mass is 16.5. The molecule has 1 aliphatic rings. The number of ether oxygens (including phenoxy) is 1. The average molecular weight is 390 g/mol. The Hall–Kier alpha value is -3.08. The number of aromatic nitrogens is 1. The van der Waals surface area contributed by atoms with Gasteiger partial charge in [0.25, 0.3) is 0 Å². The molecule has 3 aromatic rings. The monoisotopic (exact) mass is 390 g/mol. The Balaban J connectivity index is 1.78. The number of carbonyl (C=O) groups is 1. The summed E-state index contributed by atoms with van der Waals surface area (Å²) in [5.74, 6) is 0.799. The number of nitrogens with zero attached hydrogens (tertiary/aromatic N) is 1. The number of phenols is 1. The fourth-order valence-electron chi connectivity index (χ4n) is 4.23. The van der Waals surface area contributed by atoms with Crippen LogP contribution >= 0.6 is 0 Å². The van der Waals surface area contributed by atoms with Gasteiger partial charge in [-0.25, -0.2) is 0 Å². The van der Waals surface area contributed by atoms with Gasteiger partial charge in [0.1, 0.15) is 17.0 Å². The van der Waals surface area contributed by atoms with E-state index in [1.54, 1.807) is 13.3 Å². The van der Waals surface area contributed by atoms with Crippen LogP contribution in [0.25, 0.3) is 10.9 Å². The molecule has 1 aromatic heterocycles. The number of nitrogens with one attached hydrogen (secondary N) is 1. The number of para-hydroxylation sites is 1. The number of hydrogen-bond donors (Lipinski definition) is 2. The minimum atomic E-state index is -0.521. The summed E-state index contributed by atoms with van der Waals surface area (Å²) in [4.78, 5) is 17.4. The Labute approximate surface area is 170 Å². The van der Waals surface area contributed by atoms with Crippen molar-refractivity contribution in [3.05, 3.63) is 65.9 Å². The number of amides is 1. The van der Waals surface area contributed by atoms with Crippen molar-refractivity contribution >= 4 is 16.8 Å². The summed E-state index contributed by atoms with van der Waals surface area (Å²) in [6.45, 7) is 0. The van der Waals surface area contributed by atoms with Crippen LogP contribution in [0.15, 0.2) is 54.7 Å². The molecule has 5 heteroatoms. The number of benzene rings is 2. The lowest BCUT2D eigenvalue weighted by Gasteiger charge is -2.27. The number of aromatic hydroxyl groups is 1. The van der Waals surface area contributed by atoms with Crippen molar-refractivity contribution in [1.29, 1.82) is 0 Å². The van der Waals surface area contributed by atoms with Crippen LogP contribution in [-0.2, 0) is 4.79 Å². The van der Waals surface area contributed by atoms with Gasteiger partial charge in [0.05, 0.1) is 13.2 Å². The molecule has 0 bridgehead atoms. The molecule has 4 rings (SSSR count). The van der Waals surface area contributed by atoms with Crippen molar-refractivity contribution < 1.29 is 14.6 Å². The van der Waals surface area contributed by atoms with E-state index >= 15 is 0 Å². The van der Waals surface area contributed by atoms with Gasteiger partial charge in [-0.15, -0.1) is 0 Å². The summed E-state index contributed by atoms with van der Waals surface area (Å²) < 4.78 is 5.55. The standard InChI is InChI=1S/C24H26N2O3/c1-29-20-12-6-5-11-18(20)22(26-24(28)17-8-3-2-4-9-17)19-14-13-16-10-7-15-25-21(16)23(19)27/h5-7,10-15,17,22,27H,2-4,8-9H2,1H3,(H,26,28)/t22-/m0/s1. The van der Waals surface area contributed by atoms with Crippen molar-refractivity contribution in [2.24, 2.45) is 5.92 Å². The summed E-state index contributed by atoms with van der Waals surface area (Å²) in [5.41, 5.74) is 1.95. The van der Waals surface area contributed by atoms with Crippen molar-refractivity contribution in [3.63, 3.8) is 0 Å². The Kier molecular flexibility index (Phi) is 5.65. The fourth-order valence-corrected chi connectivity index (χ4v) is 4.23. The largest absolute Gasteiger partial charge is 0.505 e. The van der Waals surface area contributed by atoms with Gasteiger partial charge < -0.3 is 15.2 Å². The topological polar surface area (TPSA) is 71.5 Å². The van der Waals surface area contributed by atoms with Crippen LogP contribution in [0.1, 0.15) is 49.3 Å². The van der Waals surface area contributed by atoms with Gasteiger partial charge in [-0.1, -0.05) is 55.7 Å². The van der Waals surface area contributed by atoms with E-state index in [-0.39, 0.29) is 17.6 Å². The maximum Gasteiger partial charge on any atom is 0.223 e. The first-order valence-corrected chi connectivity index (χ1v) is 10.2. The number of fused-ring (bicyclic) bond motifs is 1. The predicted octanol–water partition coefficient (Wildman–Crippen LogP) is 4.73. The summed E-state index contributed by atoms with van der Waals surface area (Å²) in [7, 11) is 1.61. The lowest BCUT2D eigenvalue weighted by molar-refractivity contribution is -0.126. The molecule has 0 aliphatic heterocycles. The molecule has 5 nitrogen and oxygen atoms in total. The molecule has 29 heavy (non-hydrogen) atoms. The van der Waals surface area contributed by atoms with E-state index in [1.807, 2.05) is 48.5 Å². The summed E-state index contributed by atoms with van der Waals surface area (Å²) in [5, 5.41) is 15.1. The Morgan fingerprint density at radius 1 is 1.07 bits per heavy atom. The van der Waals surface area contributed by atoms with Crippen LogP contribution in [0.3, 0.4) is 0 Å². The van der Waals surface area contributed by atoms with E-state index in [1.165, 1.54) is 6.42 Å². The van der Waals surface area contributed by atoms with Gasteiger partial charge in [-0.3, -0.25) is 9.78 Å². The van der Waals surface area contributed by atoms with E-state index in [4.69, 9.17) is 4.74 Å². The van der Waals surface area contributed by atoms with Gasteiger partial charge in [-0.2, -0.15) is 0 Å². The fraction of sp³-hybridized carbons (Fsp3) is 0.333. The first kappa shape index (κ1) is 19.2. The van der Waals surface area contributed by atoms with Crippen molar-refractivity contribution in [1.82, 2.24) is 10.3 Å². The third-order valence-corrected chi connectivity index (χ3v) is 5.80. The van der Waals surface area contributed by atoms with Gasteiger partial charge in [0.15, 0.2) is 0 Å². The van der Waals surface area contributed by atoms with Crippen LogP contribution in [0.2, 0.25) is 0 Å². The van der Waals surface area contributed by atoms with Gasteiger partial charge in [0.2, 0.25) is 5.91 Å². The predicted molar refractivity (Wildman–Crippen MR) is 113 cm³/mol. The number of rotatable bonds is 5. The number of carbonyl (C=O) groups excluding carboxylic acids is 1. The molecular formula is C24H26N2O3. The molecule has 1 aliphatic carbocycles. The maximum absolute atomic E-state index is 13.1. The Bertz CT molecular complexity index is 1010. The zero-order chi connectivity index (χ0) is 20.2. The highest BCUT2D eigenvalue weighted by molar-refractivity contribution is 5.86. The molecule has 1 amide bonds. The third kappa shape index (κ3) is 3.90. The zero-order valence-electron chi connectivity index (χ0n) is 16.6. The van der Waals surface area contributed by atoms with Crippen molar-refractivity contribution in [2.45, 2.75) is 38.1 Å². The molecule has 0 spiro atoms. The number of methoxy groups -OCH3 is 1. The highest BCUT2D eigenvalue weighted by Crippen LogP contribution is 2.38. The first-order chi connectivity index (χ1) is 14.2. The van der Waals surface area contributed by atoms with Gasteiger partial charge >= 0.3 is 0 Å². The number of pyridine rings is 1. The van der Waals surface area contributed by atoms with E-state index in [0.717, 1.165) is 36.6 Å². The molecule has 1 heterocycles. The molecule has 150 valence electrons. The molecule has 1 atom stereocenters. The van der Waals surface area contributed by atoms with Crippen LogP contribution in [0, 0.1) is 5.92 Å². The first-order valence-electron chi connectivity index (χ1n) is 10.2. The number of phenolic OH excluding ortho intramolecular Hbond substituents is 1. The van der Waals surface area contributed by atoms with E-state index in [0.29, 0.717) is 16.8 Å². The molecule has 1 fully saturated rings. The molecular weight excluding hydrogens is 364 g/mol. The maximum atomic E-state index is 13.1. The molecule has 2 aromatic carbocycles. The third-order valence-electron chi connectivity index (χ3n) is 5.80. The van der Waals surface area contributed by atoms with Crippen LogP contribution < -0.4 is 10.1 Å². The van der Waals surface area contributed by atoms with Crippen molar-refractivity contribution in [2.75, 3.05) is 7.11 Å². The summed E-state index contributed by atoms with van der Waals surface area (Å²) in [6, 6.07) is 14.6. The Morgan fingerprint density at radius 2 is 1.86 bits per heavy atom. The molecule has 0 saturated heterocycles. The summed E-state index contributed by atoms with van der Waals surface area (Å²) >= 11 is 0. The Morgan fingerprint density at radius 3 is 2.66 bits per heavy atom. The molecule has 0 radical (unpaired) electrons. The minimum Gasteiger partial charge on any atom is -0.505 e. The van der Waals surface area contributed by atoms with Crippen LogP contribution in [0.5, 0.6) is 11.5 Å².